The number of nitrogens with one attached hydrogen (secondary N) is 2. The average Bonchev–Trinajstić information content (AvgIpc) is 2.82. The molecule has 1 aliphatic rings. The third-order valence-corrected chi connectivity index (χ3v) is 5.24. The van der Waals surface area contributed by atoms with Crippen LogP contribution in [0.15, 0.2) is 34.3 Å². The molecule has 2 N–H and O–H groups in total. The van der Waals surface area contributed by atoms with Crippen LogP contribution in [0, 0.1) is 0 Å². The first-order valence-electron chi connectivity index (χ1n) is 6.69. The van der Waals surface area contributed by atoms with Crippen LogP contribution in [-0.2, 0) is 23.5 Å². The van der Waals surface area contributed by atoms with Crippen LogP contribution in [0.5, 0.6) is 0 Å². The first-order valence-corrected chi connectivity index (χ1v) is 8.17. The van der Waals surface area contributed by atoms with Crippen LogP contribution in [-0.4, -0.2) is 23.2 Å². The molecule has 0 spiro atoms. The quantitative estimate of drug-likeness (QED) is 0.861. The lowest BCUT2D eigenvalue weighted by Gasteiger charge is -2.23. The van der Waals surface area contributed by atoms with Gasteiger partial charge < -0.3 is 4.98 Å². The molecule has 1 aliphatic carbocycles. The van der Waals surface area contributed by atoms with E-state index in [0.29, 0.717) is 6.42 Å². The summed E-state index contributed by atoms with van der Waals surface area (Å²) < 4.78 is 29.1. The highest BCUT2D eigenvalue weighted by molar-refractivity contribution is 7.89. The number of fused-ring (bicyclic) bond motifs is 1. The lowest BCUT2D eigenvalue weighted by Crippen LogP contribution is -2.33. The molecule has 0 aromatic carbocycles. The molecule has 0 radical (unpaired) electrons. The third-order valence-electron chi connectivity index (χ3n) is 3.75. The molecule has 8 heteroatoms. The van der Waals surface area contributed by atoms with E-state index in [4.69, 9.17) is 0 Å². The van der Waals surface area contributed by atoms with Crippen LogP contribution in [0.3, 0.4) is 0 Å². The summed E-state index contributed by atoms with van der Waals surface area (Å²) in [6.45, 7) is 0. The number of nitrogens with zero attached hydrogens (tertiary/aromatic N) is 2. The molecule has 0 saturated heterocycles. The highest BCUT2D eigenvalue weighted by atomic mass is 32.2. The number of hydrogen-bond acceptors (Lipinski definition) is 4. The van der Waals surface area contributed by atoms with Gasteiger partial charge in [-0.25, -0.2) is 13.1 Å². The van der Waals surface area contributed by atoms with Crippen molar-refractivity contribution in [2.75, 3.05) is 0 Å². The number of pyridine rings is 1. The number of aromatic amines is 1. The van der Waals surface area contributed by atoms with Crippen LogP contribution in [0.25, 0.3) is 0 Å². The Labute approximate surface area is 122 Å². The van der Waals surface area contributed by atoms with Crippen molar-refractivity contribution in [2.24, 2.45) is 7.05 Å². The van der Waals surface area contributed by atoms with E-state index in [1.54, 1.807) is 10.9 Å². The maximum atomic E-state index is 12.4. The molecule has 7 nitrogen and oxygen atoms in total. The van der Waals surface area contributed by atoms with Gasteiger partial charge in [0.05, 0.1) is 12.2 Å². The second-order valence-corrected chi connectivity index (χ2v) is 6.79. The normalized spacial score (nSPS) is 18.4. The lowest BCUT2D eigenvalue weighted by molar-refractivity contribution is 0.497. The molecule has 21 heavy (non-hydrogen) atoms. The summed E-state index contributed by atoms with van der Waals surface area (Å²) in [5.74, 6) is 0. The Bertz CT molecular complexity index is 822. The Morgan fingerprint density at radius 2 is 2.29 bits per heavy atom. The molecule has 2 aromatic rings. The van der Waals surface area contributed by atoms with Gasteiger partial charge in [-0.1, -0.05) is 0 Å². The zero-order valence-electron chi connectivity index (χ0n) is 11.5. The van der Waals surface area contributed by atoms with E-state index in [1.165, 1.54) is 18.5 Å². The zero-order valence-corrected chi connectivity index (χ0v) is 12.4. The molecule has 0 saturated carbocycles. The van der Waals surface area contributed by atoms with E-state index in [2.05, 4.69) is 14.8 Å². The Hall–Kier alpha value is -1.93. The van der Waals surface area contributed by atoms with Gasteiger partial charge in [0.25, 0.3) is 0 Å². The molecule has 3 rings (SSSR count). The van der Waals surface area contributed by atoms with Crippen molar-refractivity contribution >= 4 is 10.0 Å². The Morgan fingerprint density at radius 3 is 3.05 bits per heavy atom. The van der Waals surface area contributed by atoms with Gasteiger partial charge in [0.15, 0.2) is 0 Å². The molecule has 0 amide bonds. The summed E-state index contributed by atoms with van der Waals surface area (Å²) in [5, 5.41) is 4.18. The molecule has 0 fully saturated rings. The predicted molar refractivity (Wildman–Crippen MR) is 76.3 cm³/mol. The maximum absolute atomic E-state index is 12.4. The second-order valence-electron chi connectivity index (χ2n) is 5.11. The number of aryl methyl sites for hydroxylation is 1. The van der Waals surface area contributed by atoms with E-state index in [1.807, 2.05) is 7.05 Å². The summed E-state index contributed by atoms with van der Waals surface area (Å²) in [7, 11) is -2.01. The fraction of sp³-hybridized carbons (Fsp3) is 0.385. The Balaban J connectivity index is 1.94. The van der Waals surface area contributed by atoms with E-state index < -0.39 is 15.5 Å². The molecular weight excluding hydrogens is 292 g/mol. The van der Waals surface area contributed by atoms with Crippen LogP contribution < -0.4 is 10.2 Å². The summed E-state index contributed by atoms with van der Waals surface area (Å²) >= 11 is 0. The fourth-order valence-corrected chi connectivity index (χ4v) is 3.99. The van der Waals surface area contributed by atoms with Crippen molar-refractivity contribution < 1.29 is 8.42 Å². The summed E-state index contributed by atoms with van der Waals surface area (Å²) in [4.78, 5) is 14.1. The highest BCUT2D eigenvalue weighted by Crippen LogP contribution is 2.30. The number of sulfonamides is 1. The van der Waals surface area contributed by atoms with Crippen LogP contribution in [0.4, 0.5) is 0 Å². The number of aromatic nitrogens is 3. The van der Waals surface area contributed by atoms with Gasteiger partial charge in [-0.15, -0.1) is 0 Å². The molecule has 1 atom stereocenters. The van der Waals surface area contributed by atoms with Crippen LogP contribution in [0.1, 0.15) is 30.1 Å². The van der Waals surface area contributed by atoms with Crippen LogP contribution >= 0.6 is 0 Å². The van der Waals surface area contributed by atoms with E-state index in [-0.39, 0.29) is 10.9 Å². The standard InChI is InChI=1S/C13H16N4O3S/c1-17-11-4-2-3-10(9(11)7-15-17)16-21(19,20)13-8-14-6-5-12(13)18/h5-8,10,16H,2-4H2,1H3,(H,14,18). The number of hydrogen-bond donors (Lipinski definition) is 2. The van der Waals surface area contributed by atoms with Gasteiger partial charge in [0.2, 0.25) is 15.5 Å². The van der Waals surface area contributed by atoms with Crippen molar-refractivity contribution in [1.29, 1.82) is 0 Å². The van der Waals surface area contributed by atoms with Crippen molar-refractivity contribution in [3.63, 3.8) is 0 Å². The molecule has 0 aliphatic heterocycles. The maximum Gasteiger partial charge on any atom is 0.246 e. The highest BCUT2D eigenvalue weighted by Gasteiger charge is 2.28. The average molecular weight is 308 g/mol. The minimum absolute atomic E-state index is 0.263. The minimum Gasteiger partial charge on any atom is -0.366 e. The SMILES string of the molecule is Cn1ncc2c1CCCC2NS(=O)(=O)c1c[nH]ccc1=O. The molecule has 2 heterocycles. The number of H-pyrrole nitrogens is 1. The van der Waals surface area contributed by atoms with Gasteiger partial charge in [-0.3, -0.25) is 9.48 Å². The second kappa shape index (κ2) is 5.12. The molecular formula is C13H16N4O3S. The van der Waals surface area contributed by atoms with Gasteiger partial charge in [-0.05, 0) is 19.3 Å². The van der Waals surface area contributed by atoms with E-state index >= 15 is 0 Å². The van der Waals surface area contributed by atoms with Crippen molar-refractivity contribution in [2.45, 2.75) is 30.2 Å². The van der Waals surface area contributed by atoms with Crippen LogP contribution in [0.2, 0.25) is 0 Å². The summed E-state index contributed by atoms with van der Waals surface area (Å²) in [6, 6.07) is 0.859. The Kier molecular flexibility index (Phi) is 3.42. The smallest absolute Gasteiger partial charge is 0.246 e. The first-order chi connectivity index (χ1) is 9.99. The molecule has 1 unspecified atom stereocenters. The summed E-state index contributed by atoms with van der Waals surface area (Å²) in [6.07, 6.45) is 6.76. The molecule has 2 aromatic heterocycles. The Morgan fingerprint density at radius 1 is 1.48 bits per heavy atom. The van der Waals surface area contributed by atoms with Gasteiger partial charge >= 0.3 is 0 Å². The largest absolute Gasteiger partial charge is 0.366 e. The van der Waals surface area contributed by atoms with Gasteiger partial charge in [0.1, 0.15) is 4.90 Å². The number of rotatable bonds is 3. The van der Waals surface area contributed by atoms with Gasteiger partial charge in [-0.2, -0.15) is 5.10 Å². The monoisotopic (exact) mass is 308 g/mol. The van der Waals surface area contributed by atoms with Crippen molar-refractivity contribution in [1.82, 2.24) is 19.5 Å². The van der Waals surface area contributed by atoms with E-state index in [9.17, 15) is 13.2 Å². The van der Waals surface area contributed by atoms with E-state index in [0.717, 1.165) is 24.1 Å². The fourth-order valence-electron chi connectivity index (χ4n) is 2.69. The van der Waals surface area contributed by atoms with Crippen molar-refractivity contribution in [3.05, 3.63) is 46.1 Å². The first kappa shape index (κ1) is 14.0. The third kappa shape index (κ3) is 2.52. The molecule has 112 valence electrons. The minimum atomic E-state index is -3.85. The van der Waals surface area contributed by atoms with Gasteiger partial charge in [0, 0.05) is 36.8 Å². The van der Waals surface area contributed by atoms with Crippen molar-refractivity contribution in [3.8, 4) is 0 Å². The summed E-state index contributed by atoms with van der Waals surface area (Å²) in [5.41, 5.74) is 1.40. The molecule has 0 bridgehead atoms. The zero-order chi connectivity index (χ0) is 15.0. The topological polar surface area (TPSA) is 96.8 Å². The predicted octanol–water partition coefficient (Wildman–Crippen LogP) is 0.464. The lowest BCUT2D eigenvalue weighted by atomic mass is 9.94.